The minimum atomic E-state index is -4.87. The lowest BCUT2D eigenvalue weighted by Gasteiger charge is -2.33. The first-order chi connectivity index (χ1) is 17.9. The summed E-state index contributed by atoms with van der Waals surface area (Å²) in [5, 5.41) is 5.34. The van der Waals surface area contributed by atoms with Crippen molar-refractivity contribution in [3.05, 3.63) is 93.0 Å². The van der Waals surface area contributed by atoms with E-state index in [1.165, 1.54) is 18.2 Å². The van der Waals surface area contributed by atoms with Gasteiger partial charge in [0.25, 0.3) is 11.8 Å². The first kappa shape index (κ1) is 26.0. The van der Waals surface area contributed by atoms with E-state index in [1.54, 1.807) is 0 Å². The summed E-state index contributed by atoms with van der Waals surface area (Å²) in [4.78, 5) is 26.0. The Labute approximate surface area is 218 Å². The van der Waals surface area contributed by atoms with E-state index in [4.69, 9.17) is 16.3 Å². The molecule has 1 atom stereocenters. The molecule has 11 heteroatoms. The normalized spacial score (nSPS) is 20.4. The molecule has 1 heterocycles. The topological polar surface area (TPSA) is 67.4 Å². The van der Waals surface area contributed by atoms with Crippen LogP contribution in [0.1, 0.15) is 63.2 Å². The molecule has 2 N–H and O–H groups in total. The van der Waals surface area contributed by atoms with Crippen molar-refractivity contribution in [2.75, 3.05) is 5.32 Å². The summed E-state index contributed by atoms with van der Waals surface area (Å²) in [5.74, 6) is -2.73. The van der Waals surface area contributed by atoms with Gasteiger partial charge in [0, 0.05) is 27.8 Å². The van der Waals surface area contributed by atoms with Gasteiger partial charge in [0.1, 0.15) is 17.4 Å². The zero-order valence-corrected chi connectivity index (χ0v) is 20.5. The van der Waals surface area contributed by atoms with Crippen molar-refractivity contribution < 1.29 is 36.3 Å². The molecule has 1 aliphatic heterocycles. The molecule has 2 aliphatic rings. The molecule has 0 bridgehead atoms. The molecule has 38 heavy (non-hydrogen) atoms. The Balaban J connectivity index is 1.58. The first-order valence-electron chi connectivity index (χ1n) is 11.7. The van der Waals surface area contributed by atoms with Crippen LogP contribution in [0, 0.1) is 17.6 Å². The number of amides is 2. The second-order valence-corrected chi connectivity index (χ2v) is 9.91. The van der Waals surface area contributed by atoms with Gasteiger partial charge in [-0.05, 0) is 61.2 Å². The fraction of sp³-hybridized carbons (Fsp3) is 0.259. The van der Waals surface area contributed by atoms with Gasteiger partial charge in [-0.15, -0.1) is 0 Å². The van der Waals surface area contributed by atoms with Crippen LogP contribution in [-0.4, -0.2) is 17.9 Å². The van der Waals surface area contributed by atoms with Gasteiger partial charge < -0.3 is 15.4 Å². The third-order valence-electron chi connectivity index (χ3n) is 6.60. The summed E-state index contributed by atoms with van der Waals surface area (Å²) in [7, 11) is 0. The third kappa shape index (κ3) is 5.05. The molecule has 1 fully saturated rings. The highest BCUT2D eigenvalue weighted by atomic mass is 35.5. The number of halogens is 6. The van der Waals surface area contributed by atoms with E-state index >= 15 is 0 Å². The van der Waals surface area contributed by atoms with Crippen molar-refractivity contribution in [1.29, 1.82) is 0 Å². The Bertz CT molecular complexity index is 1450. The molecule has 0 saturated heterocycles. The average Bonchev–Trinajstić information content (AvgIpc) is 3.15. The standard InChI is InChI=1S/C27H20ClF5N2O3/c1-12-4-17(5-12)38-18-10-20-23(24(35-26(20)37)19-9-15(29)2-3-21(19)28)22(11-18)34-25(36)13-6-14(27(31,32)33)8-16(30)7-13/h2-3,6-12,17,24H,4-5H2,1H3,(H,34,36)(H,35,37)/t12-,17+,24-/m1/s1. The third-order valence-corrected chi connectivity index (χ3v) is 6.94. The maximum atomic E-state index is 14.1. The fourth-order valence-corrected chi connectivity index (χ4v) is 4.97. The Morgan fingerprint density at radius 3 is 2.47 bits per heavy atom. The lowest BCUT2D eigenvalue weighted by atomic mass is 9.84. The van der Waals surface area contributed by atoms with Crippen LogP contribution in [0.25, 0.3) is 0 Å². The quantitative estimate of drug-likeness (QED) is 0.340. The lowest BCUT2D eigenvalue weighted by molar-refractivity contribution is -0.137. The van der Waals surface area contributed by atoms with Crippen molar-refractivity contribution in [3.63, 3.8) is 0 Å². The van der Waals surface area contributed by atoms with Crippen LogP contribution in [-0.2, 0) is 6.18 Å². The zero-order chi connectivity index (χ0) is 27.4. The van der Waals surface area contributed by atoms with Gasteiger partial charge in [-0.3, -0.25) is 9.59 Å². The summed E-state index contributed by atoms with van der Waals surface area (Å²) in [6.07, 6.45) is -3.41. The summed E-state index contributed by atoms with van der Waals surface area (Å²) in [5.41, 5.74) is -1.34. The minimum Gasteiger partial charge on any atom is -0.490 e. The van der Waals surface area contributed by atoms with Crippen LogP contribution < -0.4 is 15.4 Å². The van der Waals surface area contributed by atoms with E-state index in [0.29, 0.717) is 18.1 Å². The molecule has 3 aromatic rings. The predicted octanol–water partition coefficient (Wildman–Crippen LogP) is 6.90. The molecule has 3 aromatic carbocycles. The van der Waals surface area contributed by atoms with Gasteiger partial charge in [0.15, 0.2) is 0 Å². The Morgan fingerprint density at radius 1 is 1.05 bits per heavy atom. The number of rotatable bonds is 5. The van der Waals surface area contributed by atoms with Crippen molar-refractivity contribution in [2.45, 2.75) is 38.1 Å². The van der Waals surface area contributed by atoms with Gasteiger partial charge in [-0.25, -0.2) is 8.78 Å². The number of hydrogen-bond donors (Lipinski definition) is 2. The van der Waals surface area contributed by atoms with E-state index in [0.717, 1.165) is 25.0 Å². The number of hydrogen-bond acceptors (Lipinski definition) is 3. The summed E-state index contributed by atoms with van der Waals surface area (Å²) < 4.78 is 73.6. The molecule has 198 valence electrons. The lowest BCUT2D eigenvalue weighted by Crippen LogP contribution is -2.32. The van der Waals surface area contributed by atoms with Gasteiger partial charge in [-0.1, -0.05) is 18.5 Å². The maximum Gasteiger partial charge on any atom is 0.416 e. The van der Waals surface area contributed by atoms with Gasteiger partial charge >= 0.3 is 6.18 Å². The predicted molar refractivity (Wildman–Crippen MR) is 129 cm³/mol. The summed E-state index contributed by atoms with van der Waals surface area (Å²) in [6, 6.07) is 7.02. The highest BCUT2D eigenvalue weighted by Crippen LogP contribution is 2.42. The zero-order valence-electron chi connectivity index (χ0n) is 19.8. The second kappa shape index (κ2) is 9.58. The molecule has 2 amide bonds. The molecule has 5 nitrogen and oxygen atoms in total. The number of alkyl halides is 3. The van der Waals surface area contributed by atoms with E-state index in [2.05, 4.69) is 17.6 Å². The molecular weight excluding hydrogens is 531 g/mol. The van der Waals surface area contributed by atoms with Crippen LogP contribution in [0.5, 0.6) is 5.75 Å². The number of anilines is 1. The van der Waals surface area contributed by atoms with Crippen LogP contribution >= 0.6 is 11.6 Å². The van der Waals surface area contributed by atoms with Crippen LogP contribution in [0.3, 0.4) is 0 Å². The van der Waals surface area contributed by atoms with E-state index < -0.39 is 46.8 Å². The van der Waals surface area contributed by atoms with Gasteiger partial charge in [0.2, 0.25) is 0 Å². The van der Waals surface area contributed by atoms with Crippen molar-refractivity contribution in [3.8, 4) is 5.75 Å². The largest absolute Gasteiger partial charge is 0.490 e. The van der Waals surface area contributed by atoms with Crippen molar-refractivity contribution in [1.82, 2.24) is 5.32 Å². The first-order valence-corrected chi connectivity index (χ1v) is 12.1. The molecule has 0 aromatic heterocycles. The summed E-state index contributed by atoms with van der Waals surface area (Å²) in [6.45, 7) is 2.06. The number of ether oxygens (including phenoxy) is 1. The van der Waals surface area contributed by atoms with E-state index in [9.17, 15) is 31.5 Å². The fourth-order valence-electron chi connectivity index (χ4n) is 4.74. The Hall–Kier alpha value is -3.66. The molecule has 1 saturated carbocycles. The molecular formula is C27H20ClF5N2O3. The van der Waals surface area contributed by atoms with Crippen LogP contribution in [0.4, 0.5) is 27.6 Å². The Morgan fingerprint density at radius 2 is 1.79 bits per heavy atom. The van der Waals surface area contributed by atoms with E-state index in [-0.39, 0.29) is 45.3 Å². The van der Waals surface area contributed by atoms with Gasteiger partial charge in [0.05, 0.1) is 29.0 Å². The molecule has 0 unspecified atom stereocenters. The number of fused-ring (bicyclic) bond motifs is 1. The number of carbonyl (C=O) groups excluding carboxylic acids is 2. The highest BCUT2D eigenvalue weighted by Gasteiger charge is 2.37. The number of benzene rings is 3. The SMILES string of the molecule is C[C@H]1C[C@@H](Oc2cc(NC(=O)c3cc(F)cc(C(F)(F)F)c3)c3c(c2)C(=O)N[C@@H]3c2cc(F)ccc2Cl)C1. The number of nitrogens with one attached hydrogen (secondary N) is 2. The minimum absolute atomic E-state index is 0.0244. The maximum absolute atomic E-state index is 14.1. The van der Waals surface area contributed by atoms with Crippen molar-refractivity contribution >= 4 is 29.1 Å². The van der Waals surface area contributed by atoms with E-state index in [1.807, 2.05) is 0 Å². The second-order valence-electron chi connectivity index (χ2n) is 9.50. The summed E-state index contributed by atoms with van der Waals surface area (Å²) >= 11 is 6.28. The van der Waals surface area contributed by atoms with Gasteiger partial charge in [-0.2, -0.15) is 13.2 Å². The monoisotopic (exact) mass is 550 g/mol. The van der Waals surface area contributed by atoms with Crippen LogP contribution in [0.15, 0.2) is 48.5 Å². The molecule has 5 rings (SSSR count). The number of carbonyl (C=O) groups is 2. The highest BCUT2D eigenvalue weighted by molar-refractivity contribution is 6.31. The Kier molecular flexibility index (Phi) is 6.54. The molecule has 0 spiro atoms. The molecule has 0 radical (unpaired) electrons. The van der Waals surface area contributed by atoms with Crippen molar-refractivity contribution in [2.24, 2.45) is 5.92 Å². The molecule has 1 aliphatic carbocycles. The van der Waals surface area contributed by atoms with Crippen LogP contribution in [0.2, 0.25) is 5.02 Å². The average molecular weight is 551 g/mol. The smallest absolute Gasteiger partial charge is 0.416 e.